The maximum absolute atomic E-state index is 13.1. The molecule has 0 spiro atoms. The van der Waals surface area contributed by atoms with E-state index in [1.807, 2.05) is 20.8 Å². The number of rotatable bonds is 8. The largest absolute Gasteiger partial charge is 1.00 e. The SMILES string of the molecule is CC(C)(C)OC(=O)N1CCC(Nc2ccc(S(=O)(=O)c3ccc(F)cc3)cc2)CC1.O=S(=O)(c1ccc(F)cc1)c1ccc(NC2CC[NH2+]CC2)cc1.[Cl-]. The number of benzene rings is 4. The third-order valence-corrected chi connectivity index (χ3v) is 12.5. The lowest BCUT2D eigenvalue weighted by molar-refractivity contribution is -0.662. The van der Waals surface area contributed by atoms with Gasteiger partial charge in [0.2, 0.25) is 19.7 Å². The van der Waals surface area contributed by atoms with Crippen LogP contribution in [0.15, 0.2) is 117 Å². The van der Waals surface area contributed by atoms with E-state index in [2.05, 4.69) is 16.0 Å². The molecule has 10 nitrogen and oxygen atoms in total. The van der Waals surface area contributed by atoms with Crippen LogP contribution in [0, 0.1) is 11.6 Å². The summed E-state index contributed by atoms with van der Waals surface area (Å²) in [4.78, 5) is 14.4. The van der Waals surface area contributed by atoms with Crippen LogP contribution in [0.1, 0.15) is 46.5 Å². The number of amides is 1. The Morgan fingerprint density at radius 1 is 0.630 bits per heavy atom. The van der Waals surface area contributed by atoms with Crippen LogP contribution in [-0.2, 0) is 24.4 Å². The highest BCUT2D eigenvalue weighted by molar-refractivity contribution is 7.91. The summed E-state index contributed by atoms with van der Waals surface area (Å²) >= 11 is 0. The van der Waals surface area contributed by atoms with Crippen molar-refractivity contribution in [3.8, 4) is 0 Å². The molecule has 1 amide bonds. The zero-order valence-corrected chi connectivity index (χ0v) is 32.9. The summed E-state index contributed by atoms with van der Waals surface area (Å²) in [5.74, 6) is -0.931. The van der Waals surface area contributed by atoms with Gasteiger partial charge >= 0.3 is 6.09 Å². The molecule has 0 bridgehead atoms. The lowest BCUT2D eigenvalue weighted by atomic mass is 10.0. The van der Waals surface area contributed by atoms with Gasteiger partial charge in [-0.1, -0.05) is 0 Å². The van der Waals surface area contributed by atoms with Gasteiger partial charge in [-0.15, -0.1) is 0 Å². The molecule has 2 fully saturated rings. The van der Waals surface area contributed by atoms with Crippen molar-refractivity contribution in [1.82, 2.24) is 4.90 Å². The molecule has 0 unspecified atom stereocenters. The molecule has 4 aromatic carbocycles. The molecule has 2 heterocycles. The van der Waals surface area contributed by atoms with Gasteiger partial charge in [0.1, 0.15) is 17.2 Å². The van der Waals surface area contributed by atoms with Gasteiger partial charge in [0.05, 0.1) is 32.7 Å². The number of hydrogen-bond acceptors (Lipinski definition) is 8. The quantitative estimate of drug-likeness (QED) is 0.231. The maximum atomic E-state index is 13.1. The van der Waals surface area contributed by atoms with E-state index in [-0.39, 0.29) is 44.1 Å². The Bertz CT molecular complexity index is 2030. The highest BCUT2D eigenvalue weighted by Crippen LogP contribution is 2.26. The first kappa shape index (κ1) is 42.5. The minimum absolute atomic E-state index is 0. The zero-order valence-electron chi connectivity index (χ0n) is 30.5. The van der Waals surface area contributed by atoms with E-state index in [1.54, 1.807) is 41.3 Å². The average molecular weight is 805 g/mol. The van der Waals surface area contributed by atoms with Crippen molar-refractivity contribution >= 4 is 37.1 Å². The summed E-state index contributed by atoms with van der Waals surface area (Å²) in [6.45, 7) is 8.98. The fourth-order valence-electron chi connectivity index (χ4n) is 6.04. The van der Waals surface area contributed by atoms with Crippen LogP contribution in [-0.4, -0.2) is 71.7 Å². The van der Waals surface area contributed by atoms with Crippen molar-refractivity contribution in [3.05, 3.63) is 109 Å². The summed E-state index contributed by atoms with van der Waals surface area (Å²) in [7, 11) is -7.29. The zero-order chi connectivity index (χ0) is 38.2. The molecule has 2 saturated heterocycles. The van der Waals surface area contributed by atoms with Crippen molar-refractivity contribution in [1.29, 1.82) is 0 Å². The first-order valence-corrected chi connectivity index (χ1v) is 20.6. The standard InChI is InChI=1S/C22H27FN2O4S.C17H19FN2O2S.ClH/c1-22(2,3)29-21(26)25-14-12-18(13-15-25)24-17-6-10-20(11-7-17)30(27,28)19-8-4-16(23)5-9-19;18-13-1-5-16(6-2-13)23(21,22)17-7-3-14(4-8-17)20-15-9-11-19-12-10-15;/h4-11,18,24H,12-15H2,1-3H3;1-8,15,19-20H,9-12H2;1H. The fourth-order valence-corrected chi connectivity index (χ4v) is 8.56. The van der Waals surface area contributed by atoms with Crippen LogP contribution in [0.2, 0.25) is 0 Å². The molecule has 0 atom stereocenters. The number of halogens is 3. The van der Waals surface area contributed by atoms with Crippen molar-refractivity contribution in [2.45, 2.75) is 83.7 Å². The molecule has 0 saturated carbocycles. The van der Waals surface area contributed by atoms with Gasteiger partial charge in [-0.3, -0.25) is 0 Å². The Hall–Kier alpha value is -4.24. The second-order valence-corrected chi connectivity index (χ2v) is 18.0. The van der Waals surface area contributed by atoms with E-state index >= 15 is 0 Å². The van der Waals surface area contributed by atoms with Gasteiger partial charge in [0, 0.05) is 49.4 Å². The van der Waals surface area contributed by atoms with Gasteiger partial charge in [-0.05, 0) is 131 Å². The van der Waals surface area contributed by atoms with Crippen LogP contribution in [0.5, 0.6) is 0 Å². The molecular weight excluding hydrogens is 758 g/mol. The molecule has 4 aromatic rings. The minimum atomic E-state index is -3.69. The number of piperidine rings is 2. The molecule has 15 heteroatoms. The Morgan fingerprint density at radius 2 is 0.963 bits per heavy atom. The van der Waals surface area contributed by atoms with Crippen LogP contribution in [0.25, 0.3) is 0 Å². The monoisotopic (exact) mass is 804 g/mol. The normalized spacial score (nSPS) is 15.6. The van der Waals surface area contributed by atoms with Crippen LogP contribution < -0.4 is 28.4 Å². The molecule has 54 heavy (non-hydrogen) atoms. The third-order valence-electron chi connectivity index (χ3n) is 8.90. The van der Waals surface area contributed by atoms with Gasteiger partial charge in [-0.2, -0.15) is 0 Å². The van der Waals surface area contributed by atoms with E-state index in [0.29, 0.717) is 19.1 Å². The number of carbonyl (C=O) groups excluding carboxylic acids is 1. The van der Waals surface area contributed by atoms with E-state index < -0.39 is 36.9 Å². The number of hydrogen-bond donors (Lipinski definition) is 3. The second-order valence-electron chi connectivity index (χ2n) is 14.1. The number of ether oxygens (including phenoxy) is 1. The summed E-state index contributed by atoms with van der Waals surface area (Å²) in [5.41, 5.74) is 1.22. The number of sulfone groups is 2. The number of quaternary nitrogens is 1. The first-order valence-electron chi connectivity index (χ1n) is 17.6. The molecule has 6 rings (SSSR count). The molecule has 0 aromatic heterocycles. The number of nitrogens with two attached hydrogens (primary N) is 1. The molecule has 292 valence electrons. The Kier molecular flexibility index (Phi) is 14.5. The predicted molar refractivity (Wildman–Crippen MR) is 199 cm³/mol. The number of carbonyl (C=O) groups is 1. The highest BCUT2D eigenvalue weighted by atomic mass is 35.5. The van der Waals surface area contributed by atoms with E-state index in [9.17, 15) is 30.4 Å². The topological polar surface area (TPSA) is 138 Å². The van der Waals surface area contributed by atoms with Gasteiger partial charge in [-0.25, -0.2) is 30.4 Å². The predicted octanol–water partition coefficient (Wildman–Crippen LogP) is 3.27. The number of likely N-dealkylation sites (tertiary alicyclic amines) is 1. The Balaban J connectivity index is 0.000000244. The van der Waals surface area contributed by atoms with Crippen molar-refractivity contribution < 1.29 is 52.9 Å². The van der Waals surface area contributed by atoms with Crippen LogP contribution in [0.3, 0.4) is 0 Å². The molecule has 0 aliphatic carbocycles. The minimum Gasteiger partial charge on any atom is -1.00 e. The second kappa shape index (κ2) is 18.4. The van der Waals surface area contributed by atoms with Gasteiger partial charge in [0.25, 0.3) is 0 Å². The molecule has 2 aliphatic heterocycles. The Labute approximate surface area is 322 Å². The van der Waals surface area contributed by atoms with E-state index in [0.717, 1.165) is 74.4 Å². The lowest BCUT2D eigenvalue weighted by Crippen LogP contribution is -3.00. The first-order chi connectivity index (χ1) is 25.1. The molecule has 2 aliphatic rings. The molecular formula is C39H47ClF2N4O6S2. The van der Waals surface area contributed by atoms with Crippen molar-refractivity contribution in [3.63, 3.8) is 0 Å². The van der Waals surface area contributed by atoms with E-state index in [1.165, 1.54) is 36.4 Å². The summed E-state index contributed by atoms with van der Waals surface area (Å²) in [6.07, 6.45) is 3.46. The van der Waals surface area contributed by atoms with Crippen molar-refractivity contribution in [2.24, 2.45) is 0 Å². The molecule has 0 radical (unpaired) electrons. The highest BCUT2D eigenvalue weighted by Gasteiger charge is 2.27. The number of anilines is 2. The summed E-state index contributed by atoms with van der Waals surface area (Å²) in [6, 6.07) is 23.6. The fraction of sp³-hybridized carbons (Fsp3) is 0.359. The smallest absolute Gasteiger partial charge is 0.410 e. The summed E-state index contributed by atoms with van der Waals surface area (Å²) < 4.78 is 81.7. The molecule has 4 N–H and O–H groups in total. The lowest BCUT2D eigenvalue weighted by Gasteiger charge is -2.34. The number of nitrogens with one attached hydrogen (secondary N) is 2. The van der Waals surface area contributed by atoms with Crippen molar-refractivity contribution in [2.75, 3.05) is 36.8 Å². The average Bonchev–Trinajstić information content (AvgIpc) is 3.13. The van der Waals surface area contributed by atoms with Crippen LogP contribution in [0.4, 0.5) is 25.0 Å². The Morgan fingerprint density at radius 3 is 1.31 bits per heavy atom. The third kappa shape index (κ3) is 11.6. The maximum Gasteiger partial charge on any atom is 0.410 e. The summed E-state index contributed by atoms with van der Waals surface area (Å²) in [5, 5.41) is 9.14. The van der Waals surface area contributed by atoms with Gasteiger partial charge < -0.3 is 38.0 Å². The van der Waals surface area contributed by atoms with E-state index in [4.69, 9.17) is 4.74 Å². The number of nitrogens with zero attached hydrogens (tertiary/aromatic N) is 1. The van der Waals surface area contributed by atoms with Gasteiger partial charge in [0.15, 0.2) is 0 Å². The van der Waals surface area contributed by atoms with Crippen LogP contribution >= 0.6 is 0 Å².